The Labute approximate surface area is 157 Å². The van der Waals surface area contributed by atoms with Crippen LogP contribution in [-0.4, -0.2) is 32.2 Å². The Hall–Kier alpha value is -2.16. The number of halogens is 1. The van der Waals surface area contributed by atoms with E-state index in [9.17, 15) is 13.2 Å². The van der Waals surface area contributed by atoms with E-state index < -0.39 is 21.3 Å². The molecule has 0 unspecified atom stereocenters. The first-order valence-corrected chi connectivity index (χ1v) is 9.82. The first-order valence-electron chi connectivity index (χ1n) is 7.96. The number of guanidine groups is 1. The fraction of sp³-hybridized carbons (Fsp3) is 0.294. The van der Waals surface area contributed by atoms with Gasteiger partial charge in [-0.25, -0.2) is 8.42 Å². The van der Waals surface area contributed by atoms with Crippen molar-refractivity contribution in [3.63, 3.8) is 0 Å². The fourth-order valence-electron chi connectivity index (χ4n) is 2.49. The average molecular weight is 397 g/mol. The van der Waals surface area contributed by atoms with Gasteiger partial charge in [-0.3, -0.25) is 9.79 Å². The zero-order valence-electron chi connectivity index (χ0n) is 14.3. The lowest BCUT2D eigenvalue weighted by atomic mass is 10.1. The summed E-state index contributed by atoms with van der Waals surface area (Å²) in [5, 5.41) is 0.945. The molecule has 26 heavy (non-hydrogen) atoms. The number of carbonyl (C=O) groups excluding carboxylic acids is 1. The number of carbonyl (C=O) groups is 1. The van der Waals surface area contributed by atoms with E-state index in [2.05, 4.69) is 9.71 Å². The third-order valence-corrected chi connectivity index (χ3v) is 5.53. The predicted molar refractivity (Wildman–Crippen MR) is 104 cm³/mol. The Morgan fingerprint density at radius 3 is 2.54 bits per heavy atom. The molecule has 1 atom stereocenters. The topological polar surface area (TPSA) is 128 Å². The van der Waals surface area contributed by atoms with E-state index in [1.54, 1.807) is 12.1 Å². The minimum Gasteiger partial charge on any atom is -0.370 e. The van der Waals surface area contributed by atoms with Crippen molar-refractivity contribution in [3.8, 4) is 0 Å². The molecule has 0 heterocycles. The highest BCUT2D eigenvalue weighted by Gasteiger charge is 2.24. The number of benzene rings is 2. The molecule has 2 rings (SSSR count). The second-order valence-corrected chi connectivity index (χ2v) is 8.03. The number of fused-ring (bicyclic) bond motifs is 1. The van der Waals surface area contributed by atoms with Crippen molar-refractivity contribution in [2.75, 3.05) is 6.54 Å². The predicted octanol–water partition coefficient (Wildman–Crippen LogP) is 1.61. The number of hydrogen-bond donors (Lipinski definition) is 3. The van der Waals surface area contributed by atoms with E-state index in [0.29, 0.717) is 6.42 Å². The number of rotatable bonds is 8. The number of nitrogens with two attached hydrogens (primary N) is 2. The van der Waals surface area contributed by atoms with Gasteiger partial charge >= 0.3 is 0 Å². The number of sulfonamides is 1. The van der Waals surface area contributed by atoms with Gasteiger partial charge in [0.2, 0.25) is 15.3 Å². The van der Waals surface area contributed by atoms with Crippen LogP contribution >= 0.6 is 11.6 Å². The van der Waals surface area contributed by atoms with Gasteiger partial charge in [-0.2, -0.15) is 4.72 Å². The molecule has 0 bridgehead atoms. The van der Waals surface area contributed by atoms with Gasteiger partial charge in [0, 0.05) is 6.54 Å². The molecular formula is C17H21ClN4O3S. The number of hydrogen-bond acceptors (Lipinski definition) is 4. The van der Waals surface area contributed by atoms with Crippen LogP contribution in [-0.2, 0) is 14.8 Å². The Kier molecular flexibility index (Phi) is 6.57. The van der Waals surface area contributed by atoms with Crippen LogP contribution in [0.2, 0.25) is 0 Å². The monoisotopic (exact) mass is 396 g/mol. The number of aliphatic imine (C=N–C) groups is 1. The second kappa shape index (κ2) is 8.48. The number of nitrogens with one attached hydrogen (secondary N) is 1. The molecule has 0 saturated heterocycles. The molecule has 140 valence electrons. The van der Waals surface area contributed by atoms with E-state index in [1.807, 2.05) is 25.1 Å². The smallest absolute Gasteiger partial charge is 0.241 e. The zero-order valence-corrected chi connectivity index (χ0v) is 15.8. The van der Waals surface area contributed by atoms with Crippen LogP contribution in [0.3, 0.4) is 0 Å². The molecule has 9 heteroatoms. The average Bonchev–Trinajstić information content (AvgIpc) is 2.56. The Balaban J connectivity index is 2.19. The van der Waals surface area contributed by atoms with Crippen LogP contribution in [0.5, 0.6) is 0 Å². The zero-order chi connectivity index (χ0) is 19.3. The molecule has 0 aliphatic heterocycles. The SMILES string of the molecule is Cc1ccc2ccc(S(=O)(=O)N[C@@H](CCCN=C(N)N)C(=O)Cl)cc2c1. The molecule has 0 radical (unpaired) electrons. The van der Waals surface area contributed by atoms with Crippen LogP contribution < -0.4 is 16.2 Å². The molecule has 2 aromatic carbocycles. The third-order valence-electron chi connectivity index (χ3n) is 3.79. The lowest BCUT2D eigenvalue weighted by Gasteiger charge is -2.15. The molecule has 2 aromatic rings. The van der Waals surface area contributed by atoms with Crippen LogP contribution in [0.1, 0.15) is 18.4 Å². The fourth-order valence-corrected chi connectivity index (χ4v) is 3.98. The Morgan fingerprint density at radius 1 is 1.19 bits per heavy atom. The molecular weight excluding hydrogens is 376 g/mol. The highest BCUT2D eigenvalue weighted by molar-refractivity contribution is 7.89. The van der Waals surface area contributed by atoms with Gasteiger partial charge in [-0.05, 0) is 54.3 Å². The van der Waals surface area contributed by atoms with Gasteiger partial charge in [-0.15, -0.1) is 0 Å². The molecule has 0 saturated carbocycles. The van der Waals surface area contributed by atoms with Crippen molar-refractivity contribution in [3.05, 3.63) is 42.0 Å². The molecule has 5 N–H and O–H groups in total. The van der Waals surface area contributed by atoms with Crippen LogP contribution in [0, 0.1) is 6.92 Å². The normalized spacial score (nSPS) is 12.7. The van der Waals surface area contributed by atoms with Gasteiger partial charge in [0.05, 0.1) is 10.9 Å². The first kappa shape index (κ1) is 20.2. The van der Waals surface area contributed by atoms with Crippen LogP contribution in [0.25, 0.3) is 10.8 Å². The summed E-state index contributed by atoms with van der Waals surface area (Å²) in [6.45, 7) is 2.21. The first-order chi connectivity index (χ1) is 12.2. The summed E-state index contributed by atoms with van der Waals surface area (Å²) in [4.78, 5) is 15.5. The largest absolute Gasteiger partial charge is 0.370 e. The maximum atomic E-state index is 12.6. The summed E-state index contributed by atoms with van der Waals surface area (Å²) in [7, 11) is -3.90. The van der Waals surface area contributed by atoms with Gasteiger partial charge in [0.25, 0.3) is 0 Å². The van der Waals surface area contributed by atoms with Crippen molar-refractivity contribution < 1.29 is 13.2 Å². The second-order valence-electron chi connectivity index (χ2n) is 5.94. The minimum atomic E-state index is -3.90. The van der Waals surface area contributed by atoms with Crippen molar-refractivity contribution in [2.24, 2.45) is 16.5 Å². The maximum Gasteiger partial charge on any atom is 0.241 e. The van der Waals surface area contributed by atoms with Crippen LogP contribution in [0.15, 0.2) is 46.3 Å². The third kappa shape index (κ3) is 5.42. The summed E-state index contributed by atoms with van der Waals surface area (Å²) >= 11 is 5.54. The van der Waals surface area contributed by atoms with Gasteiger partial charge < -0.3 is 11.5 Å². The van der Waals surface area contributed by atoms with Crippen molar-refractivity contribution in [1.29, 1.82) is 0 Å². The highest BCUT2D eigenvalue weighted by atomic mass is 35.5. The van der Waals surface area contributed by atoms with Gasteiger partial charge in [-0.1, -0.05) is 29.8 Å². The quantitative estimate of drug-likeness (QED) is 0.270. The molecule has 0 aliphatic carbocycles. The Bertz CT molecular complexity index is 940. The van der Waals surface area contributed by atoms with E-state index in [4.69, 9.17) is 23.1 Å². The highest BCUT2D eigenvalue weighted by Crippen LogP contribution is 2.21. The summed E-state index contributed by atoms with van der Waals surface area (Å²) < 4.78 is 27.6. The van der Waals surface area contributed by atoms with Crippen molar-refractivity contribution in [2.45, 2.75) is 30.7 Å². The van der Waals surface area contributed by atoms with E-state index in [-0.39, 0.29) is 23.8 Å². The van der Waals surface area contributed by atoms with Crippen molar-refractivity contribution in [1.82, 2.24) is 4.72 Å². The molecule has 0 fully saturated rings. The van der Waals surface area contributed by atoms with E-state index >= 15 is 0 Å². The lowest BCUT2D eigenvalue weighted by Crippen LogP contribution is -2.39. The maximum absolute atomic E-state index is 12.6. The molecule has 0 amide bonds. The van der Waals surface area contributed by atoms with E-state index in [0.717, 1.165) is 16.3 Å². The standard InChI is InChI=1S/C17H21ClN4O3S/c1-11-4-5-12-6-7-14(10-13(12)9-11)26(24,25)22-15(16(18)23)3-2-8-21-17(19)20/h4-7,9-10,15,22H,2-3,8H2,1H3,(H4,19,20,21)/t15-/m0/s1. The van der Waals surface area contributed by atoms with Crippen LogP contribution in [0.4, 0.5) is 0 Å². The molecule has 7 nitrogen and oxygen atoms in total. The van der Waals surface area contributed by atoms with Gasteiger partial charge in [0.15, 0.2) is 5.96 Å². The lowest BCUT2D eigenvalue weighted by molar-refractivity contribution is -0.113. The molecule has 0 aliphatic rings. The summed E-state index contributed by atoms with van der Waals surface area (Å²) in [5.41, 5.74) is 11.5. The summed E-state index contributed by atoms with van der Waals surface area (Å²) in [6, 6.07) is 9.50. The summed E-state index contributed by atoms with van der Waals surface area (Å²) in [5.74, 6) is -0.0641. The minimum absolute atomic E-state index is 0.0641. The van der Waals surface area contributed by atoms with E-state index in [1.165, 1.54) is 6.07 Å². The number of nitrogens with zero attached hydrogens (tertiary/aromatic N) is 1. The molecule has 0 spiro atoms. The Morgan fingerprint density at radius 2 is 1.88 bits per heavy atom. The molecule has 0 aromatic heterocycles. The van der Waals surface area contributed by atoms with Gasteiger partial charge in [0.1, 0.15) is 0 Å². The van der Waals surface area contributed by atoms with Crippen molar-refractivity contribution >= 4 is 43.6 Å². The summed E-state index contributed by atoms with van der Waals surface area (Å²) in [6.07, 6.45) is 0.589. The number of aryl methyl sites for hydroxylation is 1.